The molecule has 1 saturated carbocycles. The summed E-state index contributed by atoms with van der Waals surface area (Å²) >= 11 is 0. The van der Waals surface area contributed by atoms with Crippen LogP contribution in [0.5, 0.6) is 5.75 Å². The Balaban J connectivity index is 1.72. The summed E-state index contributed by atoms with van der Waals surface area (Å²) in [6.45, 7) is 2.68. The van der Waals surface area contributed by atoms with E-state index < -0.39 is 0 Å². The zero-order valence-electron chi connectivity index (χ0n) is 11.7. The van der Waals surface area contributed by atoms with E-state index >= 15 is 0 Å². The van der Waals surface area contributed by atoms with Gasteiger partial charge >= 0.3 is 0 Å². The molecule has 5 nitrogen and oxygen atoms in total. The van der Waals surface area contributed by atoms with Gasteiger partial charge in [-0.15, -0.1) is 10.2 Å². The van der Waals surface area contributed by atoms with Gasteiger partial charge in [0.05, 0.1) is 6.54 Å². The minimum absolute atomic E-state index is 0.278. The summed E-state index contributed by atoms with van der Waals surface area (Å²) in [7, 11) is 0. The number of hydrogen-bond acceptors (Lipinski definition) is 4. The normalized spacial score (nSPS) is 15.7. The summed E-state index contributed by atoms with van der Waals surface area (Å²) in [5.74, 6) is 2.27. The van der Waals surface area contributed by atoms with Crippen molar-refractivity contribution < 1.29 is 5.11 Å². The van der Waals surface area contributed by atoms with Crippen molar-refractivity contribution in [3.05, 3.63) is 35.9 Å². The Morgan fingerprint density at radius 3 is 2.60 bits per heavy atom. The van der Waals surface area contributed by atoms with Gasteiger partial charge in [-0.2, -0.15) is 0 Å². The first-order chi connectivity index (χ1) is 9.74. The molecule has 0 atom stereocenters. The highest BCUT2D eigenvalue weighted by Crippen LogP contribution is 2.31. The summed E-state index contributed by atoms with van der Waals surface area (Å²) in [6, 6.07) is 7.63. The van der Waals surface area contributed by atoms with Crippen LogP contribution in [0, 0.1) is 6.92 Å². The lowest BCUT2D eigenvalue weighted by Gasteiger charge is -2.16. The standard InChI is InChI=1S/C15H20N4O/c1-11-17-18-15(19(11)13-4-2-3-5-13)10-16-12-6-8-14(20)9-7-12/h6-9,13,16,20H,2-5,10H2,1H3. The number of nitrogens with zero attached hydrogens (tertiary/aromatic N) is 3. The maximum Gasteiger partial charge on any atom is 0.152 e. The average Bonchev–Trinajstić information content (AvgIpc) is 3.07. The largest absolute Gasteiger partial charge is 0.508 e. The predicted octanol–water partition coefficient (Wildman–Crippen LogP) is 3.02. The first-order valence-corrected chi connectivity index (χ1v) is 7.17. The first-order valence-electron chi connectivity index (χ1n) is 7.17. The molecular formula is C15H20N4O. The van der Waals surface area contributed by atoms with Gasteiger partial charge in [-0.25, -0.2) is 0 Å². The number of phenolic OH excluding ortho intramolecular Hbond substituents is 1. The Morgan fingerprint density at radius 1 is 1.20 bits per heavy atom. The summed E-state index contributed by atoms with van der Waals surface area (Å²) in [5, 5.41) is 21.1. The number of hydrogen-bond donors (Lipinski definition) is 2. The third-order valence-electron chi connectivity index (χ3n) is 3.94. The summed E-state index contributed by atoms with van der Waals surface area (Å²) in [6.07, 6.45) is 5.05. The second-order valence-electron chi connectivity index (χ2n) is 5.37. The highest BCUT2D eigenvalue weighted by Gasteiger charge is 2.21. The minimum Gasteiger partial charge on any atom is -0.508 e. The molecule has 20 heavy (non-hydrogen) atoms. The van der Waals surface area contributed by atoms with Crippen molar-refractivity contribution in [3.8, 4) is 5.75 Å². The monoisotopic (exact) mass is 272 g/mol. The van der Waals surface area contributed by atoms with E-state index in [9.17, 15) is 5.11 Å². The molecule has 5 heteroatoms. The third kappa shape index (κ3) is 2.61. The SMILES string of the molecule is Cc1nnc(CNc2ccc(O)cc2)n1C1CCCC1. The van der Waals surface area contributed by atoms with Gasteiger partial charge in [0.1, 0.15) is 11.6 Å². The smallest absolute Gasteiger partial charge is 0.152 e. The molecule has 0 spiro atoms. The lowest BCUT2D eigenvalue weighted by Crippen LogP contribution is -2.14. The van der Waals surface area contributed by atoms with Crippen molar-refractivity contribution in [2.75, 3.05) is 5.32 Å². The van der Waals surface area contributed by atoms with Crippen molar-refractivity contribution >= 4 is 5.69 Å². The quantitative estimate of drug-likeness (QED) is 0.840. The van der Waals surface area contributed by atoms with Crippen molar-refractivity contribution in [2.24, 2.45) is 0 Å². The molecule has 2 aromatic rings. The van der Waals surface area contributed by atoms with Gasteiger partial charge in [0.15, 0.2) is 5.82 Å². The number of phenols is 1. The van der Waals surface area contributed by atoms with E-state index in [1.807, 2.05) is 19.1 Å². The van der Waals surface area contributed by atoms with Crippen LogP contribution >= 0.6 is 0 Å². The molecule has 1 aliphatic rings. The molecule has 0 bridgehead atoms. The molecule has 1 aliphatic carbocycles. The lowest BCUT2D eigenvalue weighted by atomic mass is 10.2. The predicted molar refractivity (Wildman–Crippen MR) is 77.7 cm³/mol. The van der Waals surface area contributed by atoms with Gasteiger partial charge in [-0.3, -0.25) is 0 Å². The van der Waals surface area contributed by atoms with E-state index in [-0.39, 0.29) is 5.75 Å². The fourth-order valence-corrected chi connectivity index (χ4v) is 2.93. The molecule has 1 aromatic heterocycles. The van der Waals surface area contributed by atoms with Crippen molar-refractivity contribution in [1.82, 2.24) is 14.8 Å². The molecule has 1 aromatic carbocycles. The number of rotatable bonds is 4. The van der Waals surface area contributed by atoms with Crippen LogP contribution in [0.25, 0.3) is 0 Å². The Morgan fingerprint density at radius 2 is 1.90 bits per heavy atom. The average molecular weight is 272 g/mol. The van der Waals surface area contributed by atoms with Gasteiger partial charge in [0.2, 0.25) is 0 Å². The van der Waals surface area contributed by atoms with Crippen LogP contribution < -0.4 is 5.32 Å². The van der Waals surface area contributed by atoms with Gasteiger partial charge in [-0.05, 0) is 44.0 Å². The van der Waals surface area contributed by atoms with Crippen LogP contribution in [0.1, 0.15) is 43.4 Å². The Hall–Kier alpha value is -2.04. The van der Waals surface area contributed by atoms with Crippen molar-refractivity contribution in [3.63, 3.8) is 0 Å². The molecule has 3 rings (SSSR count). The molecule has 0 aliphatic heterocycles. The molecule has 0 amide bonds. The fourth-order valence-electron chi connectivity index (χ4n) is 2.93. The van der Waals surface area contributed by atoms with Crippen molar-refractivity contribution in [2.45, 2.75) is 45.2 Å². The Kier molecular flexibility index (Phi) is 3.58. The van der Waals surface area contributed by atoms with E-state index in [0.717, 1.165) is 17.3 Å². The highest BCUT2D eigenvalue weighted by molar-refractivity contribution is 5.45. The summed E-state index contributed by atoms with van der Waals surface area (Å²) in [4.78, 5) is 0. The molecule has 1 heterocycles. The summed E-state index contributed by atoms with van der Waals surface area (Å²) in [5.41, 5.74) is 0.974. The second kappa shape index (κ2) is 5.53. The van der Waals surface area contributed by atoms with Crippen LogP contribution in [0.3, 0.4) is 0 Å². The topological polar surface area (TPSA) is 63.0 Å². The van der Waals surface area contributed by atoms with E-state index in [1.54, 1.807) is 12.1 Å². The number of nitrogens with one attached hydrogen (secondary N) is 1. The van der Waals surface area contributed by atoms with Crippen molar-refractivity contribution in [1.29, 1.82) is 0 Å². The number of benzene rings is 1. The molecule has 0 saturated heterocycles. The van der Waals surface area contributed by atoms with E-state index in [1.165, 1.54) is 25.7 Å². The molecule has 2 N–H and O–H groups in total. The molecule has 1 fully saturated rings. The van der Waals surface area contributed by atoms with E-state index in [0.29, 0.717) is 12.6 Å². The summed E-state index contributed by atoms with van der Waals surface area (Å²) < 4.78 is 2.28. The van der Waals surface area contributed by atoms with Gasteiger partial charge in [0, 0.05) is 11.7 Å². The molecule has 0 unspecified atom stereocenters. The first kappa shape index (κ1) is 13.0. The third-order valence-corrected chi connectivity index (χ3v) is 3.94. The van der Waals surface area contributed by atoms with E-state index in [2.05, 4.69) is 20.1 Å². The number of aryl methyl sites for hydroxylation is 1. The van der Waals surface area contributed by atoms with Crippen LogP contribution in [0.15, 0.2) is 24.3 Å². The molecule has 106 valence electrons. The zero-order chi connectivity index (χ0) is 13.9. The molecule has 0 radical (unpaired) electrons. The van der Waals surface area contributed by atoms with Crippen LogP contribution in [0.2, 0.25) is 0 Å². The maximum absolute atomic E-state index is 9.28. The highest BCUT2D eigenvalue weighted by atomic mass is 16.3. The second-order valence-corrected chi connectivity index (χ2v) is 5.37. The number of aromatic hydroxyl groups is 1. The van der Waals surface area contributed by atoms with Crippen LogP contribution in [0.4, 0.5) is 5.69 Å². The Bertz CT molecular complexity index is 570. The van der Waals surface area contributed by atoms with Crippen LogP contribution in [-0.4, -0.2) is 19.9 Å². The Labute approximate surface area is 118 Å². The minimum atomic E-state index is 0.278. The van der Waals surface area contributed by atoms with E-state index in [4.69, 9.17) is 0 Å². The lowest BCUT2D eigenvalue weighted by molar-refractivity contribution is 0.475. The zero-order valence-corrected chi connectivity index (χ0v) is 11.7. The molecular weight excluding hydrogens is 252 g/mol. The fraction of sp³-hybridized carbons (Fsp3) is 0.467. The van der Waals surface area contributed by atoms with Gasteiger partial charge in [0.25, 0.3) is 0 Å². The van der Waals surface area contributed by atoms with Gasteiger partial charge in [-0.1, -0.05) is 12.8 Å². The number of anilines is 1. The number of aromatic nitrogens is 3. The van der Waals surface area contributed by atoms with Gasteiger partial charge < -0.3 is 15.0 Å². The maximum atomic E-state index is 9.28. The van der Waals surface area contributed by atoms with Crippen LogP contribution in [-0.2, 0) is 6.54 Å².